The molecule has 4 heteroatoms. The number of aryl methyl sites for hydroxylation is 1. The second-order valence-electron chi connectivity index (χ2n) is 3.95. The largest absolute Gasteiger partial charge is 0.244 e. The standard InChI is InChI=1S/C15H17NO2S/c1-4-6-12-16(13-7-5-2)19(17,18)15-10-8-14(3)9-11-15/h6,8-11H,1,12-13H2,2-3H3. The van der Waals surface area contributed by atoms with Crippen molar-refractivity contribution in [3.05, 3.63) is 48.2 Å². The van der Waals surface area contributed by atoms with E-state index in [1.165, 1.54) is 4.31 Å². The number of hydrogen-bond acceptors (Lipinski definition) is 2. The molecule has 3 nitrogen and oxygen atoms in total. The molecule has 0 heterocycles. The van der Waals surface area contributed by atoms with Gasteiger partial charge in [0.15, 0.2) is 0 Å². The summed E-state index contributed by atoms with van der Waals surface area (Å²) >= 11 is 0. The summed E-state index contributed by atoms with van der Waals surface area (Å²) in [6, 6.07) is 6.77. The van der Waals surface area contributed by atoms with Crippen LogP contribution in [0.15, 0.2) is 47.5 Å². The second kappa shape index (κ2) is 6.96. The molecule has 19 heavy (non-hydrogen) atoms. The van der Waals surface area contributed by atoms with Crippen LogP contribution in [0.2, 0.25) is 0 Å². The lowest BCUT2D eigenvalue weighted by molar-refractivity contribution is 0.478. The monoisotopic (exact) mass is 275 g/mol. The molecule has 0 saturated carbocycles. The molecule has 1 aromatic rings. The van der Waals surface area contributed by atoms with Crippen LogP contribution in [0.5, 0.6) is 0 Å². The topological polar surface area (TPSA) is 37.4 Å². The molecule has 0 saturated heterocycles. The van der Waals surface area contributed by atoms with Crippen molar-refractivity contribution in [1.29, 1.82) is 0 Å². The normalized spacial score (nSPS) is 10.5. The first-order valence-corrected chi connectivity index (χ1v) is 7.27. The highest BCUT2D eigenvalue weighted by Gasteiger charge is 2.22. The van der Waals surface area contributed by atoms with Crippen molar-refractivity contribution in [1.82, 2.24) is 4.31 Å². The molecule has 100 valence electrons. The minimum Gasteiger partial charge on any atom is -0.207 e. The summed E-state index contributed by atoms with van der Waals surface area (Å²) in [6.45, 7) is 7.41. The van der Waals surface area contributed by atoms with Gasteiger partial charge in [0.2, 0.25) is 10.0 Å². The lowest BCUT2D eigenvalue weighted by Crippen LogP contribution is -2.31. The predicted octanol–water partition coefficient (Wildman–Crippen LogP) is 2.35. The van der Waals surface area contributed by atoms with Gasteiger partial charge in [-0.1, -0.05) is 30.2 Å². The number of hydrogen-bond donors (Lipinski definition) is 0. The summed E-state index contributed by atoms with van der Waals surface area (Å²) in [7, 11) is -3.53. The molecule has 0 radical (unpaired) electrons. The Hall–Kier alpha value is -1.79. The van der Waals surface area contributed by atoms with Crippen LogP contribution in [0.4, 0.5) is 0 Å². The fourth-order valence-corrected chi connectivity index (χ4v) is 2.72. The second-order valence-corrected chi connectivity index (χ2v) is 5.88. The maximum absolute atomic E-state index is 12.4. The Labute approximate surface area is 115 Å². The van der Waals surface area contributed by atoms with Crippen molar-refractivity contribution in [3.8, 4) is 11.8 Å². The molecule has 0 aliphatic heterocycles. The molecule has 0 aliphatic carbocycles. The Morgan fingerprint density at radius 3 is 2.47 bits per heavy atom. The Bertz CT molecular complexity index is 627. The number of rotatable bonds is 5. The lowest BCUT2D eigenvalue weighted by atomic mass is 10.2. The zero-order valence-corrected chi connectivity index (χ0v) is 12.0. The van der Waals surface area contributed by atoms with Gasteiger partial charge in [-0.25, -0.2) is 8.42 Å². The molecule has 0 fully saturated rings. The summed E-state index contributed by atoms with van der Waals surface area (Å²) in [5, 5.41) is 0. The smallest absolute Gasteiger partial charge is 0.207 e. The minimum atomic E-state index is -3.53. The SMILES string of the molecule is C=C=CCN(CC#CC)S(=O)(=O)c1ccc(C)cc1. The molecular weight excluding hydrogens is 258 g/mol. The number of nitrogens with zero attached hydrogens (tertiary/aromatic N) is 1. The van der Waals surface area contributed by atoms with Crippen molar-refractivity contribution in [2.45, 2.75) is 18.7 Å². The van der Waals surface area contributed by atoms with Gasteiger partial charge in [-0.2, -0.15) is 4.31 Å². The van der Waals surface area contributed by atoms with Crippen molar-refractivity contribution < 1.29 is 8.42 Å². The van der Waals surface area contributed by atoms with E-state index in [1.54, 1.807) is 37.3 Å². The van der Waals surface area contributed by atoms with Gasteiger partial charge in [0, 0.05) is 6.54 Å². The summed E-state index contributed by atoms with van der Waals surface area (Å²) < 4.78 is 26.2. The van der Waals surface area contributed by atoms with Gasteiger partial charge in [-0.15, -0.1) is 11.7 Å². The van der Waals surface area contributed by atoms with Crippen LogP contribution in [0, 0.1) is 18.8 Å². The van der Waals surface area contributed by atoms with E-state index in [2.05, 4.69) is 24.2 Å². The maximum atomic E-state index is 12.4. The van der Waals surface area contributed by atoms with Crippen molar-refractivity contribution >= 4 is 10.0 Å². The van der Waals surface area contributed by atoms with E-state index in [0.29, 0.717) is 0 Å². The number of sulfonamides is 1. The van der Waals surface area contributed by atoms with Gasteiger partial charge < -0.3 is 0 Å². The minimum absolute atomic E-state index is 0.158. The molecule has 0 atom stereocenters. The first kappa shape index (κ1) is 15.3. The van der Waals surface area contributed by atoms with Crippen molar-refractivity contribution in [3.63, 3.8) is 0 Å². The third kappa shape index (κ3) is 4.11. The van der Waals surface area contributed by atoms with Crippen LogP contribution in [-0.2, 0) is 10.0 Å². The summed E-state index contributed by atoms with van der Waals surface area (Å²) in [5.41, 5.74) is 3.60. The molecule has 0 amide bonds. The Kier molecular flexibility index (Phi) is 5.59. The van der Waals surface area contributed by atoms with Gasteiger partial charge in [-0.05, 0) is 32.1 Å². The van der Waals surface area contributed by atoms with Gasteiger partial charge in [-0.3, -0.25) is 0 Å². The van der Waals surface area contributed by atoms with E-state index in [4.69, 9.17) is 0 Å². The van der Waals surface area contributed by atoms with E-state index in [-0.39, 0.29) is 18.0 Å². The van der Waals surface area contributed by atoms with Crippen molar-refractivity contribution in [2.24, 2.45) is 0 Å². The summed E-state index contributed by atoms with van der Waals surface area (Å²) in [4.78, 5) is 0.272. The molecule has 0 aliphatic rings. The fraction of sp³-hybridized carbons (Fsp3) is 0.267. The molecule has 0 unspecified atom stereocenters. The van der Waals surface area contributed by atoms with Gasteiger partial charge in [0.25, 0.3) is 0 Å². The molecule has 1 rings (SSSR count). The van der Waals surface area contributed by atoms with E-state index < -0.39 is 10.0 Å². The van der Waals surface area contributed by atoms with E-state index in [0.717, 1.165) is 5.56 Å². The zero-order chi connectivity index (χ0) is 14.3. The Balaban J connectivity index is 3.12. The average molecular weight is 275 g/mol. The quantitative estimate of drug-likeness (QED) is 0.611. The summed E-state index contributed by atoms with van der Waals surface area (Å²) in [5.74, 6) is 5.47. The lowest BCUT2D eigenvalue weighted by Gasteiger charge is -2.18. The summed E-state index contributed by atoms with van der Waals surface area (Å²) in [6.07, 6.45) is 1.57. The zero-order valence-electron chi connectivity index (χ0n) is 11.2. The van der Waals surface area contributed by atoms with E-state index in [1.807, 2.05) is 6.92 Å². The highest BCUT2D eigenvalue weighted by molar-refractivity contribution is 7.89. The van der Waals surface area contributed by atoms with E-state index in [9.17, 15) is 8.42 Å². The Morgan fingerprint density at radius 1 is 1.32 bits per heavy atom. The van der Waals surface area contributed by atoms with Gasteiger partial charge in [0.1, 0.15) is 0 Å². The molecule has 0 aromatic heterocycles. The fourth-order valence-electron chi connectivity index (χ4n) is 1.44. The van der Waals surface area contributed by atoms with Gasteiger partial charge in [0.05, 0.1) is 11.4 Å². The highest BCUT2D eigenvalue weighted by Crippen LogP contribution is 2.15. The molecule has 0 bridgehead atoms. The third-order valence-electron chi connectivity index (χ3n) is 2.53. The van der Waals surface area contributed by atoms with E-state index >= 15 is 0 Å². The predicted molar refractivity (Wildman–Crippen MR) is 77.1 cm³/mol. The van der Waals surface area contributed by atoms with Crippen LogP contribution >= 0.6 is 0 Å². The average Bonchev–Trinajstić information content (AvgIpc) is 2.39. The maximum Gasteiger partial charge on any atom is 0.244 e. The first-order chi connectivity index (χ1) is 9.02. The van der Waals surface area contributed by atoms with Crippen LogP contribution in [0.1, 0.15) is 12.5 Å². The molecule has 1 aromatic carbocycles. The Morgan fingerprint density at radius 2 is 1.95 bits per heavy atom. The highest BCUT2D eigenvalue weighted by atomic mass is 32.2. The van der Waals surface area contributed by atoms with Crippen LogP contribution < -0.4 is 0 Å². The molecule has 0 spiro atoms. The van der Waals surface area contributed by atoms with Crippen molar-refractivity contribution in [2.75, 3.05) is 13.1 Å². The first-order valence-electron chi connectivity index (χ1n) is 5.83. The van der Waals surface area contributed by atoms with Crippen LogP contribution in [0.25, 0.3) is 0 Å². The number of benzene rings is 1. The van der Waals surface area contributed by atoms with Crippen LogP contribution in [0.3, 0.4) is 0 Å². The van der Waals surface area contributed by atoms with Crippen LogP contribution in [-0.4, -0.2) is 25.8 Å². The third-order valence-corrected chi connectivity index (χ3v) is 4.36. The molecular formula is C15H17NO2S. The molecule has 0 N–H and O–H groups in total. The van der Waals surface area contributed by atoms with Gasteiger partial charge >= 0.3 is 0 Å².